The number of anilines is 2. The molecule has 1 aliphatic rings. The molecule has 1 aromatic heterocycles. The summed E-state index contributed by atoms with van der Waals surface area (Å²) in [6, 6.07) is 7.85. The van der Waals surface area contributed by atoms with Gasteiger partial charge in [0.2, 0.25) is 11.3 Å². The normalized spacial score (nSPS) is 16.3. The van der Waals surface area contributed by atoms with Gasteiger partial charge in [-0.1, -0.05) is 0 Å². The molecule has 3 N–H and O–H groups in total. The Labute approximate surface area is 200 Å². The average Bonchev–Trinajstić information content (AvgIpc) is 2.78. The van der Waals surface area contributed by atoms with Gasteiger partial charge in [0.25, 0.3) is 10.0 Å². The Morgan fingerprint density at radius 1 is 1.06 bits per heavy atom. The van der Waals surface area contributed by atoms with Gasteiger partial charge in [0.15, 0.2) is 5.82 Å². The molecular weight excluding hydrogens is 518 g/mol. The minimum atomic E-state index is -5.91. The molecule has 1 aliphatic heterocycles. The molecule has 0 fully saturated rings. The lowest BCUT2D eigenvalue weighted by atomic mass is 9.75. The molecule has 0 bridgehead atoms. The minimum absolute atomic E-state index is 0.0878. The fourth-order valence-electron chi connectivity index (χ4n) is 3.50. The average molecular weight is 534 g/mol. The molecule has 192 valence electrons. The lowest BCUT2D eigenvalue weighted by Crippen LogP contribution is -2.54. The van der Waals surface area contributed by atoms with Crippen LogP contribution in [0.2, 0.25) is 0 Å². The Bertz CT molecular complexity index is 1350. The first kappa shape index (κ1) is 26.6. The summed E-state index contributed by atoms with van der Waals surface area (Å²) in [7, 11) is -2.86. The number of rotatable bonds is 5. The van der Waals surface area contributed by atoms with Crippen molar-refractivity contribution in [2.75, 3.05) is 16.7 Å². The third kappa shape index (κ3) is 4.37. The number of nitrogens with one attached hydrogen (secondary N) is 1. The van der Waals surface area contributed by atoms with E-state index in [1.165, 1.54) is 19.2 Å². The zero-order chi connectivity index (χ0) is 27.1. The van der Waals surface area contributed by atoms with E-state index in [9.17, 15) is 40.0 Å². The molecule has 16 heteroatoms. The zero-order valence-electron chi connectivity index (χ0n) is 18.3. The van der Waals surface area contributed by atoms with Gasteiger partial charge >= 0.3 is 12.4 Å². The highest BCUT2D eigenvalue weighted by atomic mass is 32.2. The Morgan fingerprint density at radius 2 is 1.64 bits per heavy atom. The number of hydrogen-bond donors (Lipinski definition) is 2. The number of nitrogens with two attached hydrogens (primary N) is 1. The first-order chi connectivity index (χ1) is 16.6. The Morgan fingerprint density at radius 3 is 2.08 bits per heavy atom. The number of aromatic nitrogens is 2. The van der Waals surface area contributed by atoms with Crippen LogP contribution in [0.3, 0.4) is 0 Å². The van der Waals surface area contributed by atoms with Crippen LogP contribution in [0.1, 0.15) is 6.92 Å². The second kappa shape index (κ2) is 8.90. The van der Waals surface area contributed by atoms with Crippen molar-refractivity contribution < 1.29 is 39.5 Å². The predicted octanol–water partition coefficient (Wildman–Crippen LogP) is 3.81. The van der Waals surface area contributed by atoms with Crippen molar-refractivity contribution in [3.63, 3.8) is 0 Å². The minimum Gasteiger partial charge on any atom is -0.480 e. The number of ether oxygens (including phenoxy) is 1. The summed E-state index contributed by atoms with van der Waals surface area (Å²) in [4.78, 5) is 0.470. The highest BCUT2D eigenvalue weighted by molar-refractivity contribution is 7.92. The van der Waals surface area contributed by atoms with Crippen LogP contribution < -0.4 is 20.1 Å². The van der Waals surface area contributed by atoms with Crippen LogP contribution in [-0.4, -0.2) is 38.1 Å². The second-order valence-corrected chi connectivity index (χ2v) is 9.04. The summed E-state index contributed by atoms with van der Waals surface area (Å²) >= 11 is 0. The number of halogens is 6. The topological polar surface area (TPSA) is 134 Å². The Balaban J connectivity index is 2.00. The molecule has 0 spiro atoms. The first-order valence-corrected chi connectivity index (χ1v) is 11.1. The van der Waals surface area contributed by atoms with E-state index in [1.807, 2.05) is 0 Å². The van der Waals surface area contributed by atoms with E-state index >= 15 is 0 Å². The Hall–Kier alpha value is -4.00. The van der Waals surface area contributed by atoms with Gasteiger partial charge in [0.1, 0.15) is 11.9 Å². The molecular formula is C20H16F6N6O3S. The monoisotopic (exact) mass is 534 g/mol. The van der Waals surface area contributed by atoms with Crippen LogP contribution in [0.5, 0.6) is 5.88 Å². The summed E-state index contributed by atoms with van der Waals surface area (Å²) in [5, 5.41) is 16.5. The molecule has 2 heterocycles. The molecule has 9 nitrogen and oxygen atoms in total. The third-order valence-corrected chi connectivity index (χ3v) is 6.54. The van der Waals surface area contributed by atoms with Crippen LogP contribution in [0.4, 0.5) is 37.8 Å². The summed E-state index contributed by atoms with van der Waals surface area (Å²) in [6.07, 6.45) is -12.0. The molecule has 0 atom stereocenters. The number of benzene rings is 1. The summed E-state index contributed by atoms with van der Waals surface area (Å²) < 4.78 is 114. The molecule has 36 heavy (non-hydrogen) atoms. The lowest BCUT2D eigenvalue weighted by Gasteiger charge is -2.41. The number of hydrogen-bond acceptors (Lipinski definition) is 8. The fourth-order valence-corrected chi connectivity index (χ4v) is 4.50. The molecule has 1 aromatic carbocycles. The van der Waals surface area contributed by atoms with Gasteiger partial charge in [0.05, 0.1) is 17.6 Å². The van der Waals surface area contributed by atoms with E-state index in [2.05, 4.69) is 14.9 Å². The van der Waals surface area contributed by atoms with Crippen molar-refractivity contribution in [1.82, 2.24) is 10.2 Å². The van der Waals surface area contributed by atoms with E-state index in [0.29, 0.717) is 0 Å². The maximum Gasteiger partial charge on any atom is 0.411 e. The second-order valence-electron chi connectivity index (χ2n) is 7.36. The maximum absolute atomic E-state index is 13.7. The standard InChI is InChI=1S/C20H16F6N6O3S/c1-11-9-18(19(21,22)23,20(24,25)26)14(10-27)17(28)32(11)12-3-5-13(6-4-12)36(33,34)31-15-7-8-16(35-2)30-29-15/h3-9H,28H2,1-2H3,(H,29,31). The number of allylic oxidation sites excluding steroid dienone is 3. The van der Waals surface area contributed by atoms with Crippen LogP contribution in [0, 0.1) is 16.7 Å². The van der Waals surface area contributed by atoms with Crippen molar-refractivity contribution in [2.45, 2.75) is 24.2 Å². The number of sulfonamides is 1. The van der Waals surface area contributed by atoms with E-state index in [0.717, 1.165) is 42.2 Å². The Kier molecular flexibility index (Phi) is 6.57. The number of nitriles is 1. The van der Waals surface area contributed by atoms with Crippen molar-refractivity contribution in [1.29, 1.82) is 5.26 Å². The maximum atomic E-state index is 13.7. The van der Waals surface area contributed by atoms with Crippen LogP contribution in [-0.2, 0) is 10.0 Å². The quantitative estimate of drug-likeness (QED) is 0.553. The largest absolute Gasteiger partial charge is 0.480 e. The van der Waals surface area contributed by atoms with Crippen molar-refractivity contribution in [3.8, 4) is 11.9 Å². The number of nitrogens with zero attached hydrogens (tertiary/aromatic N) is 4. The summed E-state index contributed by atoms with van der Waals surface area (Å²) in [5.74, 6) is -1.11. The lowest BCUT2D eigenvalue weighted by molar-refractivity contribution is -0.306. The molecule has 0 radical (unpaired) electrons. The van der Waals surface area contributed by atoms with E-state index < -0.39 is 44.9 Å². The smallest absolute Gasteiger partial charge is 0.411 e. The molecule has 0 aliphatic carbocycles. The highest BCUT2D eigenvalue weighted by Crippen LogP contribution is 2.58. The molecule has 3 rings (SSSR count). The van der Waals surface area contributed by atoms with Crippen molar-refractivity contribution in [3.05, 3.63) is 59.6 Å². The number of methoxy groups -OCH3 is 1. The molecule has 0 saturated carbocycles. The van der Waals surface area contributed by atoms with Gasteiger partial charge in [-0.15, -0.1) is 10.2 Å². The van der Waals surface area contributed by atoms with Crippen LogP contribution >= 0.6 is 0 Å². The molecule has 0 saturated heterocycles. The predicted molar refractivity (Wildman–Crippen MR) is 113 cm³/mol. The third-order valence-electron chi connectivity index (χ3n) is 5.17. The van der Waals surface area contributed by atoms with Gasteiger partial charge in [-0.3, -0.25) is 4.72 Å². The van der Waals surface area contributed by atoms with E-state index in [1.54, 1.807) is 0 Å². The van der Waals surface area contributed by atoms with Gasteiger partial charge < -0.3 is 15.4 Å². The van der Waals surface area contributed by atoms with Gasteiger partial charge in [-0.05, 0) is 43.3 Å². The molecule has 0 unspecified atom stereocenters. The molecule has 2 aromatic rings. The van der Waals surface area contributed by atoms with Crippen molar-refractivity contribution in [2.24, 2.45) is 11.1 Å². The summed E-state index contributed by atoms with van der Waals surface area (Å²) in [5.41, 5.74) is -1.37. The van der Waals surface area contributed by atoms with E-state index in [4.69, 9.17) is 10.5 Å². The van der Waals surface area contributed by atoms with Gasteiger partial charge in [-0.2, -0.15) is 31.6 Å². The summed E-state index contributed by atoms with van der Waals surface area (Å²) in [6.45, 7) is 0.946. The molecule has 0 amide bonds. The van der Waals surface area contributed by atoms with Crippen LogP contribution in [0.15, 0.2) is 64.5 Å². The zero-order valence-corrected chi connectivity index (χ0v) is 19.1. The van der Waals surface area contributed by atoms with Crippen LogP contribution in [0.25, 0.3) is 0 Å². The number of alkyl halides is 6. The van der Waals surface area contributed by atoms with Gasteiger partial charge in [-0.25, -0.2) is 8.42 Å². The fraction of sp³-hybridized carbons (Fsp3) is 0.250. The van der Waals surface area contributed by atoms with E-state index in [-0.39, 0.29) is 28.4 Å². The first-order valence-electron chi connectivity index (χ1n) is 9.63. The SMILES string of the molecule is COc1ccc(NS(=O)(=O)c2ccc(N3C(C)=CC(C(F)(F)F)(C(F)(F)F)C(C#N)=C3N)cc2)nn1. The highest BCUT2D eigenvalue weighted by Gasteiger charge is 2.73. The van der Waals surface area contributed by atoms with Gasteiger partial charge in [0, 0.05) is 17.5 Å². The van der Waals surface area contributed by atoms with Crippen molar-refractivity contribution >= 4 is 21.5 Å².